The zero-order valence-corrected chi connectivity index (χ0v) is 11.4. The highest BCUT2D eigenvalue weighted by atomic mass is 16.4. The first-order valence-corrected chi connectivity index (χ1v) is 6.70. The number of carbonyl (C=O) groups excluding carboxylic acids is 2. The van der Waals surface area contributed by atoms with E-state index in [1.165, 1.54) is 4.90 Å². The minimum absolute atomic E-state index is 0.220. The van der Waals surface area contributed by atoms with Gasteiger partial charge in [0.05, 0.1) is 6.54 Å². The summed E-state index contributed by atoms with van der Waals surface area (Å²) in [6.07, 6.45) is 1.12. The van der Waals surface area contributed by atoms with Gasteiger partial charge >= 0.3 is 12.0 Å². The third-order valence-electron chi connectivity index (χ3n) is 3.29. The Balaban J connectivity index is 1.81. The Morgan fingerprint density at radius 3 is 2.62 bits per heavy atom. The Bertz CT molecular complexity index is 532. The van der Waals surface area contributed by atoms with Crippen molar-refractivity contribution in [3.05, 3.63) is 30.3 Å². The van der Waals surface area contributed by atoms with Crippen molar-refractivity contribution in [3.63, 3.8) is 0 Å². The summed E-state index contributed by atoms with van der Waals surface area (Å²) in [5.41, 5.74) is 0.618. The molecule has 1 aliphatic heterocycles. The van der Waals surface area contributed by atoms with Gasteiger partial charge in [0.1, 0.15) is 6.04 Å². The molecule has 1 saturated heterocycles. The number of carboxylic acid groups (broad SMARTS) is 1. The molecule has 0 aromatic heterocycles. The number of amides is 3. The van der Waals surface area contributed by atoms with Gasteiger partial charge in [0, 0.05) is 12.2 Å². The second-order valence-electron chi connectivity index (χ2n) is 4.76. The molecule has 0 radical (unpaired) electrons. The molecule has 2 rings (SSSR count). The number of aliphatic carboxylic acids is 1. The SMILES string of the molecule is O=C(NCC(=O)N1CCC[C@H]1C(=O)O)Nc1ccccc1. The molecule has 0 unspecified atom stereocenters. The molecule has 21 heavy (non-hydrogen) atoms. The highest BCUT2D eigenvalue weighted by molar-refractivity contribution is 5.93. The largest absolute Gasteiger partial charge is 0.480 e. The first-order chi connectivity index (χ1) is 10.1. The van der Waals surface area contributed by atoms with Crippen LogP contribution in [-0.2, 0) is 9.59 Å². The fourth-order valence-electron chi connectivity index (χ4n) is 2.28. The fourth-order valence-corrected chi connectivity index (χ4v) is 2.28. The fraction of sp³-hybridized carbons (Fsp3) is 0.357. The van der Waals surface area contributed by atoms with Crippen molar-refractivity contribution < 1.29 is 19.5 Å². The molecule has 1 heterocycles. The number of nitrogens with one attached hydrogen (secondary N) is 2. The van der Waals surface area contributed by atoms with Crippen LogP contribution in [0.3, 0.4) is 0 Å². The second-order valence-corrected chi connectivity index (χ2v) is 4.76. The zero-order chi connectivity index (χ0) is 15.2. The molecule has 0 saturated carbocycles. The molecule has 1 aromatic rings. The Kier molecular flexibility index (Phi) is 4.76. The lowest BCUT2D eigenvalue weighted by molar-refractivity contribution is -0.147. The van der Waals surface area contributed by atoms with Crippen molar-refractivity contribution in [1.29, 1.82) is 0 Å². The van der Waals surface area contributed by atoms with Gasteiger partial charge in [0.25, 0.3) is 0 Å². The molecule has 7 nitrogen and oxygen atoms in total. The highest BCUT2D eigenvalue weighted by Crippen LogP contribution is 2.17. The third kappa shape index (κ3) is 3.95. The van der Waals surface area contributed by atoms with Gasteiger partial charge in [-0.05, 0) is 25.0 Å². The minimum Gasteiger partial charge on any atom is -0.480 e. The maximum Gasteiger partial charge on any atom is 0.326 e. The van der Waals surface area contributed by atoms with Crippen LogP contribution in [0.4, 0.5) is 10.5 Å². The molecular formula is C14H17N3O4. The number of para-hydroxylation sites is 1. The molecule has 0 bridgehead atoms. The number of likely N-dealkylation sites (tertiary alicyclic amines) is 1. The summed E-state index contributed by atoms with van der Waals surface area (Å²) >= 11 is 0. The molecule has 1 fully saturated rings. The number of benzene rings is 1. The van der Waals surface area contributed by atoms with E-state index in [9.17, 15) is 14.4 Å². The molecule has 3 N–H and O–H groups in total. The molecule has 112 valence electrons. The lowest BCUT2D eigenvalue weighted by Gasteiger charge is -2.21. The van der Waals surface area contributed by atoms with Crippen molar-refractivity contribution in [3.8, 4) is 0 Å². The van der Waals surface area contributed by atoms with Gasteiger partial charge in [-0.2, -0.15) is 0 Å². The zero-order valence-electron chi connectivity index (χ0n) is 11.4. The van der Waals surface area contributed by atoms with Gasteiger partial charge in [0.2, 0.25) is 5.91 Å². The van der Waals surface area contributed by atoms with Crippen LogP contribution in [0, 0.1) is 0 Å². The van der Waals surface area contributed by atoms with Gasteiger partial charge < -0.3 is 20.6 Å². The summed E-state index contributed by atoms with van der Waals surface area (Å²) in [6.45, 7) is 0.195. The van der Waals surface area contributed by atoms with Crippen LogP contribution in [0.2, 0.25) is 0 Å². The number of carbonyl (C=O) groups is 3. The number of anilines is 1. The molecule has 0 aliphatic carbocycles. The average molecular weight is 291 g/mol. The number of rotatable bonds is 4. The van der Waals surface area contributed by atoms with E-state index in [1.807, 2.05) is 6.07 Å². The maximum absolute atomic E-state index is 11.9. The van der Waals surface area contributed by atoms with Crippen LogP contribution in [0.5, 0.6) is 0 Å². The van der Waals surface area contributed by atoms with E-state index in [-0.39, 0.29) is 12.5 Å². The van der Waals surface area contributed by atoms with Gasteiger partial charge in [-0.15, -0.1) is 0 Å². The van der Waals surface area contributed by atoms with Crippen LogP contribution in [0.1, 0.15) is 12.8 Å². The smallest absolute Gasteiger partial charge is 0.326 e. The van der Waals surface area contributed by atoms with Crippen molar-refractivity contribution in [1.82, 2.24) is 10.2 Å². The van der Waals surface area contributed by atoms with E-state index in [4.69, 9.17) is 5.11 Å². The van der Waals surface area contributed by atoms with E-state index in [1.54, 1.807) is 24.3 Å². The Morgan fingerprint density at radius 2 is 1.95 bits per heavy atom. The summed E-state index contributed by atoms with van der Waals surface area (Å²) < 4.78 is 0. The van der Waals surface area contributed by atoms with Crippen LogP contribution in [-0.4, -0.2) is 47.0 Å². The Morgan fingerprint density at radius 1 is 1.24 bits per heavy atom. The van der Waals surface area contributed by atoms with E-state index in [0.717, 1.165) is 0 Å². The molecule has 1 atom stereocenters. The van der Waals surface area contributed by atoms with Crippen molar-refractivity contribution in [2.45, 2.75) is 18.9 Å². The Hall–Kier alpha value is -2.57. The van der Waals surface area contributed by atoms with Crippen LogP contribution in [0.25, 0.3) is 0 Å². The number of urea groups is 1. The molecule has 7 heteroatoms. The standard InChI is InChI=1S/C14H17N3O4/c18-12(17-8-4-7-11(17)13(19)20)9-15-14(21)16-10-5-2-1-3-6-10/h1-3,5-6,11H,4,7-9H2,(H,19,20)(H2,15,16,21)/t11-/m0/s1. The van der Waals surface area contributed by atoms with E-state index < -0.39 is 18.0 Å². The van der Waals surface area contributed by atoms with E-state index >= 15 is 0 Å². The first-order valence-electron chi connectivity index (χ1n) is 6.70. The van der Waals surface area contributed by atoms with E-state index in [0.29, 0.717) is 25.1 Å². The number of hydrogen-bond acceptors (Lipinski definition) is 3. The third-order valence-corrected chi connectivity index (χ3v) is 3.29. The molecular weight excluding hydrogens is 274 g/mol. The van der Waals surface area contributed by atoms with Gasteiger partial charge in [-0.1, -0.05) is 18.2 Å². The molecule has 1 aliphatic rings. The van der Waals surface area contributed by atoms with Gasteiger partial charge in [0.15, 0.2) is 0 Å². The van der Waals surface area contributed by atoms with Gasteiger partial charge in [-0.3, -0.25) is 4.79 Å². The van der Waals surface area contributed by atoms with Crippen molar-refractivity contribution in [2.24, 2.45) is 0 Å². The second kappa shape index (κ2) is 6.74. The average Bonchev–Trinajstić information content (AvgIpc) is 2.95. The quantitative estimate of drug-likeness (QED) is 0.767. The monoisotopic (exact) mass is 291 g/mol. The summed E-state index contributed by atoms with van der Waals surface area (Å²) in [4.78, 5) is 35.9. The Labute approximate surface area is 121 Å². The normalized spacial score (nSPS) is 17.3. The molecule has 3 amide bonds. The number of nitrogens with zero attached hydrogens (tertiary/aromatic N) is 1. The van der Waals surface area contributed by atoms with Crippen LogP contribution in [0.15, 0.2) is 30.3 Å². The van der Waals surface area contributed by atoms with Crippen LogP contribution >= 0.6 is 0 Å². The number of carboxylic acids is 1. The number of hydrogen-bond donors (Lipinski definition) is 3. The lowest BCUT2D eigenvalue weighted by atomic mass is 10.2. The predicted molar refractivity (Wildman–Crippen MR) is 75.8 cm³/mol. The first kappa shape index (κ1) is 14.8. The molecule has 0 spiro atoms. The highest BCUT2D eigenvalue weighted by Gasteiger charge is 2.33. The summed E-state index contributed by atoms with van der Waals surface area (Å²) in [7, 11) is 0. The maximum atomic E-state index is 11.9. The van der Waals surface area contributed by atoms with Gasteiger partial charge in [-0.25, -0.2) is 9.59 Å². The van der Waals surface area contributed by atoms with Crippen molar-refractivity contribution in [2.75, 3.05) is 18.4 Å². The van der Waals surface area contributed by atoms with Crippen LogP contribution < -0.4 is 10.6 Å². The predicted octanol–water partition coefficient (Wildman–Crippen LogP) is 0.884. The minimum atomic E-state index is -1.01. The molecule has 1 aromatic carbocycles. The van der Waals surface area contributed by atoms with Crippen molar-refractivity contribution >= 4 is 23.6 Å². The van der Waals surface area contributed by atoms with E-state index in [2.05, 4.69) is 10.6 Å². The topological polar surface area (TPSA) is 98.7 Å². The summed E-state index contributed by atoms with van der Waals surface area (Å²) in [5.74, 6) is -1.39. The lowest BCUT2D eigenvalue weighted by Crippen LogP contribution is -2.46. The summed E-state index contributed by atoms with van der Waals surface area (Å²) in [5, 5.41) is 14.0. The summed E-state index contributed by atoms with van der Waals surface area (Å²) in [6, 6.07) is 7.55.